The molecule has 3 nitrogen and oxygen atoms in total. The largest absolute Gasteiger partial charge is 0.304 e. The first-order chi connectivity index (χ1) is 6.77. The van der Waals surface area contributed by atoms with Gasteiger partial charge < -0.3 is 4.57 Å². The van der Waals surface area contributed by atoms with Crippen LogP contribution in [0.1, 0.15) is 10.7 Å². The van der Waals surface area contributed by atoms with Crippen molar-refractivity contribution in [3.8, 4) is 0 Å². The van der Waals surface area contributed by atoms with E-state index < -0.39 is 0 Å². The van der Waals surface area contributed by atoms with Crippen molar-refractivity contribution in [3.05, 3.63) is 33.0 Å². The third-order valence-corrected chi connectivity index (χ3v) is 3.36. The lowest BCUT2D eigenvalue weighted by atomic mass is 10.3. The molecule has 0 aliphatic carbocycles. The Morgan fingerprint density at radius 2 is 2.50 bits per heavy atom. The molecule has 2 aromatic rings. The molecule has 2 aromatic heterocycles. The monoisotopic (exact) mass is 225 g/mol. The second-order valence-corrected chi connectivity index (χ2v) is 4.48. The summed E-state index contributed by atoms with van der Waals surface area (Å²) in [6.45, 7) is 2.86. The molecule has 0 saturated carbocycles. The predicted octanol–water partition coefficient (Wildman–Crippen LogP) is 2.55. The number of hydrogen-bond donors (Lipinski definition) is 1. The third-order valence-electron chi connectivity index (χ3n) is 2.11. The first kappa shape index (κ1) is 9.61. The van der Waals surface area contributed by atoms with Crippen LogP contribution in [-0.4, -0.2) is 14.8 Å². The molecule has 0 fully saturated rings. The third kappa shape index (κ3) is 1.93. The number of nitrogens with zero attached hydrogens (tertiary/aromatic N) is 2. The number of hydrogen-bond acceptors (Lipinski definition) is 3. The Labute approximate surface area is 91.4 Å². The summed E-state index contributed by atoms with van der Waals surface area (Å²) in [6, 6.07) is 4.21. The molecule has 2 heterocycles. The van der Waals surface area contributed by atoms with Crippen LogP contribution in [0.4, 0.5) is 0 Å². The zero-order valence-corrected chi connectivity index (χ0v) is 9.49. The average Bonchev–Trinajstić information content (AvgIpc) is 2.76. The van der Waals surface area contributed by atoms with Gasteiger partial charge >= 0.3 is 0 Å². The van der Waals surface area contributed by atoms with Crippen LogP contribution in [-0.2, 0) is 13.0 Å². The Morgan fingerprint density at radius 1 is 1.64 bits per heavy atom. The minimum absolute atomic E-state index is 0.707. The fraction of sp³-hybridized carbons (Fsp3) is 0.333. The maximum absolute atomic E-state index is 5.12. The molecule has 1 N–H and O–H groups in total. The van der Waals surface area contributed by atoms with Gasteiger partial charge in [0.2, 0.25) is 0 Å². The van der Waals surface area contributed by atoms with Gasteiger partial charge in [-0.15, -0.1) is 11.3 Å². The fourth-order valence-electron chi connectivity index (χ4n) is 1.34. The molecule has 14 heavy (non-hydrogen) atoms. The van der Waals surface area contributed by atoms with Gasteiger partial charge in [-0.05, 0) is 37.0 Å². The van der Waals surface area contributed by atoms with Crippen molar-refractivity contribution in [2.75, 3.05) is 0 Å². The van der Waals surface area contributed by atoms with Gasteiger partial charge in [-0.25, -0.2) is 0 Å². The Kier molecular flexibility index (Phi) is 2.79. The molecular formula is C9H11N3S2. The summed E-state index contributed by atoms with van der Waals surface area (Å²) in [6.07, 6.45) is 1.02. The molecule has 0 atom stereocenters. The summed E-state index contributed by atoms with van der Waals surface area (Å²) < 4.78 is 2.73. The average molecular weight is 225 g/mol. The smallest absolute Gasteiger partial charge is 0.195 e. The van der Waals surface area contributed by atoms with Crippen LogP contribution in [0.3, 0.4) is 0 Å². The normalized spacial score (nSPS) is 10.6. The number of thiophene rings is 1. The molecule has 0 unspecified atom stereocenters. The summed E-state index contributed by atoms with van der Waals surface area (Å²) in [5.74, 6) is 0.951. The SMILES string of the molecule is Cc1n[nH]c(=S)n1CCc1cccs1. The number of aromatic amines is 1. The number of rotatable bonds is 3. The van der Waals surface area contributed by atoms with Crippen molar-refractivity contribution >= 4 is 23.6 Å². The molecule has 0 bridgehead atoms. The zero-order valence-electron chi connectivity index (χ0n) is 7.86. The van der Waals surface area contributed by atoms with Gasteiger partial charge in [-0.1, -0.05) is 6.07 Å². The molecule has 74 valence electrons. The summed E-state index contributed by atoms with van der Waals surface area (Å²) in [5.41, 5.74) is 0. The van der Waals surface area contributed by atoms with Crippen molar-refractivity contribution in [1.82, 2.24) is 14.8 Å². The van der Waals surface area contributed by atoms with Crippen molar-refractivity contribution in [1.29, 1.82) is 0 Å². The molecule has 0 aliphatic rings. The van der Waals surface area contributed by atoms with E-state index in [4.69, 9.17) is 12.2 Å². The van der Waals surface area contributed by atoms with Gasteiger partial charge in [0.25, 0.3) is 0 Å². The Morgan fingerprint density at radius 3 is 3.07 bits per heavy atom. The molecular weight excluding hydrogens is 214 g/mol. The summed E-state index contributed by atoms with van der Waals surface area (Å²) in [7, 11) is 0. The highest BCUT2D eigenvalue weighted by Gasteiger charge is 2.01. The summed E-state index contributed by atoms with van der Waals surface area (Å²) in [4.78, 5) is 1.38. The lowest BCUT2D eigenvalue weighted by Crippen LogP contribution is -2.02. The molecule has 5 heteroatoms. The van der Waals surface area contributed by atoms with Gasteiger partial charge in [0.15, 0.2) is 4.77 Å². The highest BCUT2D eigenvalue weighted by Crippen LogP contribution is 2.10. The highest BCUT2D eigenvalue weighted by atomic mass is 32.1. The number of nitrogens with one attached hydrogen (secondary N) is 1. The second-order valence-electron chi connectivity index (χ2n) is 3.06. The topological polar surface area (TPSA) is 33.6 Å². The van der Waals surface area contributed by atoms with Gasteiger partial charge in [0.05, 0.1) is 0 Å². The number of aryl methyl sites for hydroxylation is 2. The van der Waals surface area contributed by atoms with E-state index in [1.165, 1.54) is 4.88 Å². The van der Waals surface area contributed by atoms with Gasteiger partial charge in [-0.3, -0.25) is 5.10 Å². The Bertz CT molecular complexity index is 453. The summed E-state index contributed by atoms with van der Waals surface area (Å²) in [5, 5.41) is 8.95. The first-order valence-electron chi connectivity index (χ1n) is 4.41. The van der Waals surface area contributed by atoms with Crippen molar-refractivity contribution < 1.29 is 0 Å². The van der Waals surface area contributed by atoms with E-state index in [2.05, 4.69) is 27.7 Å². The van der Waals surface area contributed by atoms with Gasteiger partial charge in [-0.2, -0.15) is 5.10 Å². The van der Waals surface area contributed by atoms with Crippen LogP contribution in [0.25, 0.3) is 0 Å². The molecule has 0 saturated heterocycles. The van der Waals surface area contributed by atoms with Gasteiger partial charge in [0, 0.05) is 11.4 Å². The quantitative estimate of drug-likeness (QED) is 0.814. The Balaban J connectivity index is 2.09. The molecule has 0 amide bonds. The molecule has 0 aliphatic heterocycles. The lowest BCUT2D eigenvalue weighted by molar-refractivity contribution is 0.669. The maximum Gasteiger partial charge on any atom is 0.195 e. The molecule has 0 spiro atoms. The Hall–Kier alpha value is -0.940. The van der Waals surface area contributed by atoms with Crippen LogP contribution in [0.2, 0.25) is 0 Å². The number of aromatic nitrogens is 3. The van der Waals surface area contributed by atoms with E-state index in [9.17, 15) is 0 Å². The molecule has 0 aromatic carbocycles. The minimum Gasteiger partial charge on any atom is -0.304 e. The van der Waals surface area contributed by atoms with E-state index in [0.717, 1.165) is 18.8 Å². The standard InChI is InChI=1S/C9H11N3S2/c1-7-10-11-9(13)12(7)5-4-8-3-2-6-14-8/h2-3,6H,4-5H2,1H3,(H,11,13). The van der Waals surface area contributed by atoms with E-state index in [0.29, 0.717) is 4.77 Å². The predicted molar refractivity (Wildman–Crippen MR) is 60.2 cm³/mol. The lowest BCUT2D eigenvalue weighted by Gasteiger charge is -2.01. The van der Waals surface area contributed by atoms with Crippen LogP contribution in [0.5, 0.6) is 0 Å². The van der Waals surface area contributed by atoms with Gasteiger partial charge in [0.1, 0.15) is 5.82 Å². The van der Waals surface area contributed by atoms with Crippen molar-refractivity contribution in [3.63, 3.8) is 0 Å². The van der Waals surface area contributed by atoms with E-state index >= 15 is 0 Å². The van der Waals surface area contributed by atoms with Crippen molar-refractivity contribution in [2.24, 2.45) is 0 Å². The van der Waals surface area contributed by atoms with Crippen molar-refractivity contribution in [2.45, 2.75) is 19.9 Å². The maximum atomic E-state index is 5.12. The van der Waals surface area contributed by atoms with Crippen LogP contribution >= 0.6 is 23.6 Å². The fourth-order valence-corrected chi connectivity index (χ4v) is 2.30. The summed E-state index contributed by atoms with van der Waals surface area (Å²) >= 11 is 6.89. The minimum atomic E-state index is 0.707. The van der Waals surface area contributed by atoms with E-state index in [1.807, 2.05) is 11.5 Å². The molecule has 0 radical (unpaired) electrons. The van der Waals surface area contributed by atoms with Crippen LogP contribution in [0.15, 0.2) is 17.5 Å². The second kappa shape index (κ2) is 4.06. The van der Waals surface area contributed by atoms with E-state index in [-0.39, 0.29) is 0 Å². The van der Waals surface area contributed by atoms with Crippen LogP contribution in [0, 0.1) is 11.7 Å². The first-order valence-corrected chi connectivity index (χ1v) is 5.70. The molecule has 2 rings (SSSR count). The van der Waals surface area contributed by atoms with Crippen LogP contribution < -0.4 is 0 Å². The highest BCUT2D eigenvalue weighted by molar-refractivity contribution is 7.71. The zero-order chi connectivity index (χ0) is 9.97. The van der Waals surface area contributed by atoms with E-state index in [1.54, 1.807) is 11.3 Å². The number of H-pyrrole nitrogens is 1.